The zero-order valence-corrected chi connectivity index (χ0v) is 11.4. The smallest absolute Gasteiger partial charge is 0.285 e. The first kappa shape index (κ1) is 14.1. The van der Waals surface area contributed by atoms with Gasteiger partial charge in [-0.3, -0.25) is 10.2 Å². The molecular weight excluding hydrogens is 284 g/mol. The molecule has 0 atom stereocenters. The topological polar surface area (TPSA) is 44.7 Å². The Balaban J connectivity index is 2.79. The minimum absolute atomic E-state index is 0.175. The molecule has 1 aromatic rings. The second-order valence-corrected chi connectivity index (χ2v) is 4.60. The normalized spacial score (nSPS) is 11.2. The Kier molecular flexibility index (Phi) is 5.05. The first-order chi connectivity index (χ1) is 7.90. The average molecular weight is 295 g/mol. The highest BCUT2D eigenvalue weighted by molar-refractivity contribution is 6.82. The van der Waals surface area contributed by atoms with E-state index in [0.29, 0.717) is 15.7 Å². The molecule has 1 N–H and O–H groups in total. The number of rotatable bonds is 3. The molecule has 0 saturated heterocycles. The van der Waals surface area contributed by atoms with Gasteiger partial charge >= 0.3 is 0 Å². The van der Waals surface area contributed by atoms with Crippen LogP contribution in [0.1, 0.15) is 0 Å². The number of benzene rings is 1. The molecule has 4 nitrogen and oxygen atoms in total. The van der Waals surface area contributed by atoms with Crippen molar-refractivity contribution in [1.82, 2.24) is 4.90 Å². The summed E-state index contributed by atoms with van der Waals surface area (Å²) in [5.41, 5.74) is 3.15. The molecule has 0 aliphatic carbocycles. The quantitative estimate of drug-likeness (QED) is 0.688. The van der Waals surface area contributed by atoms with Crippen molar-refractivity contribution in [2.24, 2.45) is 5.10 Å². The molecule has 7 heteroatoms. The second kappa shape index (κ2) is 6.10. The number of halogens is 3. The minimum Gasteiger partial charge on any atom is -0.343 e. The van der Waals surface area contributed by atoms with Crippen LogP contribution in [-0.4, -0.2) is 30.1 Å². The molecule has 1 rings (SSSR count). The Hall–Kier alpha value is -0.970. The van der Waals surface area contributed by atoms with E-state index in [4.69, 9.17) is 34.8 Å². The molecule has 17 heavy (non-hydrogen) atoms. The van der Waals surface area contributed by atoms with Gasteiger partial charge < -0.3 is 4.90 Å². The molecule has 0 heterocycles. The van der Waals surface area contributed by atoms with E-state index in [0.717, 1.165) is 0 Å². The summed E-state index contributed by atoms with van der Waals surface area (Å²) >= 11 is 17.3. The molecule has 1 aromatic carbocycles. The number of anilines is 1. The number of hydrazone groups is 1. The molecule has 1 amide bonds. The lowest BCUT2D eigenvalue weighted by atomic mass is 10.3. The number of hydrogen-bond donors (Lipinski definition) is 1. The van der Waals surface area contributed by atoms with Gasteiger partial charge in [0.1, 0.15) is 0 Å². The van der Waals surface area contributed by atoms with Crippen molar-refractivity contribution in [2.75, 3.05) is 19.5 Å². The van der Waals surface area contributed by atoms with Gasteiger partial charge in [0.05, 0.1) is 5.69 Å². The molecule has 0 aromatic heterocycles. The summed E-state index contributed by atoms with van der Waals surface area (Å²) in [7, 11) is 3.16. The van der Waals surface area contributed by atoms with Crippen molar-refractivity contribution in [2.45, 2.75) is 0 Å². The highest BCUT2D eigenvalue weighted by Crippen LogP contribution is 2.22. The Morgan fingerprint density at radius 3 is 2.24 bits per heavy atom. The Morgan fingerprint density at radius 2 is 1.76 bits per heavy atom. The summed E-state index contributed by atoms with van der Waals surface area (Å²) in [6.07, 6.45) is 0. The van der Waals surface area contributed by atoms with E-state index in [1.807, 2.05) is 0 Å². The Bertz CT molecular complexity index is 440. The summed E-state index contributed by atoms with van der Waals surface area (Å²) < 4.78 is 0. The maximum absolute atomic E-state index is 11.4. The lowest BCUT2D eigenvalue weighted by Gasteiger charge is -2.08. The van der Waals surface area contributed by atoms with E-state index >= 15 is 0 Å². The summed E-state index contributed by atoms with van der Waals surface area (Å²) in [6.45, 7) is 0. The molecule has 0 aliphatic rings. The molecule has 0 radical (unpaired) electrons. The molecular formula is C10H10Cl3N3O. The number of amides is 1. The predicted molar refractivity (Wildman–Crippen MR) is 72.1 cm³/mol. The third-order valence-corrected chi connectivity index (χ3v) is 2.41. The van der Waals surface area contributed by atoms with Crippen molar-refractivity contribution in [3.63, 3.8) is 0 Å². The van der Waals surface area contributed by atoms with Crippen molar-refractivity contribution < 1.29 is 4.79 Å². The van der Waals surface area contributed by atoms with E-state index in [-0.39, 0.29) is 5.17 Å². The van der Waals surface area contributed by atoms with Crippen LogP contribution in [0, 0.1) is 0 Å². The Morgan fingerprint density at radius 1 is 1.24 bits per heavy atom. The molecule has 0 spiro atoms. The third-order valence-electron chi connectivity index (χ3n) is 1.73. The summed E-state index contributed by atoms with van der Waals surface area (Å²) in [5.74, 6) is -0.396. The minimum atomic E-state index is -0.396. The average Bonchev–Trinajstić information content (AvgIpc) is 2.23. The van der Waals surface area contributed by atoms with Gasteiger partial charge in [0.15, 0.2) is 0 Å². The van der Waals surface area contributed by atoms with E-state index in [1.54, 1.807) is 32.3 Å². The van der Waals surface area contributed by atoms with Crippen LogP contribution in [0.2, 0.25) is 10.0 Å². The lowest BCUT2D eigenvalue weighted by molar-refractivity contribution is -0.121. The van der Waals surface area contributed by atoms with E-state index in [2.05, 4.69) is 10.5 Å². The largest absolute Gasteiger partial charge is 0.343 e. The van der Waals surface area contributed by atoms with Crippen LogP contribution in [0.25, 0.3) is 0 Å². The van der Waals surface area contributed by atoms with Gasteiger partial charge in [-0.1, -0.05) is 34.8 Å². The number of carbonyl (C=O) groups excluding carboxylic acids is 1. The highest BCUT2D eigenvalue weighted by Gasteiger charge is 2.10. The molecule has 0 fully saturated rings. The van der Waals surface area contributed by atoms with Gasteiger partial charge in [-0.25, -0.2) is 0 Å². The molecule has 0 bridgehead atoms. The van der Waals surface area contributed by atoms with Crippen LogP contribution < -0.4 is 5.43 Å². The summed E-state index contributed by atoms with van der Waals surface area (Å²) in [5, 5.41) is 4.47. The zero-order valence-electron chi connectivity index (χ0n) is 9.17. The standard InChI is InChI=1S/C10H10Cl3N3O/c1-16(2)10(17)9(13)15-14-8-4-6(11)3-7(12)5-8/h3-5,14H,1-2H3/b15-9+. The van der Waals surface area contributed by atoms with Crippen LogP contribution in [0.15, 0.2) is 23.3 Å². The molecule has 0 saturated carbocycles. The van der Waals surface area contributed by atoms with Crippen molar-refractivity contribution in [3.8, 4) is 0 Å². The van der Waals surface area contributed by atoms with Gasteiger partial charge in [-0.05, 0) is 18.2 Å². The first-order valence-electron chi connectivity index (χ1n) is 4.57. The van der Waals surface area contributed by atoms with Gasteiger partial charge in [0, 0.05) is 24.1 Å². The fourth-order valence-electron chi connectivity index (χ4n) is 0.964. The molecule has 0 unspecified atom stereocenters. The van der Waals surface area contributed by atoms with Crippen molar-refractivity contribution >= 4 is 51.6 Å². The zero-order chi connectivity index (χ0) is 13.0. The van der Waals surface area contributed by atoms with Crippen LogP contribution in [0.3, 0.4) is 0 Å². The number of nitrogens with zero attached hydrogens (tertiary/aromatic N) is 2. The highest BCUT2D eigenvalue weighted by atomic mass is 35.5. The second-order valence-electron chi connectivity index (χ2n) is 3.37. The van der Waals surface area contributed by atoms with Crippen LogP contribution in [-0.2, 0) is 4.79 Å². The van der Waals surface area contributed by atoms with Crippen LogP contribution in [0.4, 0.5) is 5.69 Å². The van der Waals surface area contributed by atoms with Gasteiger partial charge in [0.2, 0.25) is 5.17 Å². The van der Waals surface area contributed by atoms with Gasteiger partial charge in [-0.2, -0.15) is 5.10 Å². The monoisotopic (exact) mass is 293 g/mol. The fourth-order valence-corrected chi connectivity index (χ4v) is 1.70. The van der Waals surface area contributed by atoms with Crippen LogP contribution >= 0.6 is 34.8 Å². The van der Waals surface area contributed by atoms with E-state index in [9.17, 15) is 4.79 Å². The SMILES string of the molecule is CN(C)C(=O)/C(Cl)=N\Nc1cc(Cl)cc(Cl)c1. The predicted octanol–water partition coefficient (Wildman–Crippen LogP) is 3.05. The maximum atomic E-state index is 11.4. The molecule has 92 valence electrons. The summed E-state index contributed by atoms with van der Waals surface area (Å²) in [4.78, 5) is 12.7. The number of hydrogen-bond acceptors (Lipinski definition) is 3. The number of carbonyl (C=O) groups is 1. The first-order valence-corrected chi connectivity index (χ1v) is 5.70. The Labute approximate surface area is 114 Å². The third kappa shape index (κ3) is 4.42. The molecule has 0 aliphatic heterocycles. The van der Waals surface area contributed by atoms with Gasteiger partial charge in [0.25, 0.3) is 5.91 Å². The van der Waals surface area contributed by atoms with Crippen LogP contribution in [0.5, 0.6) is 0 Å². The van der Waals surface area contributed by atoms with E-state index < -0.39 is 5.91 Å². The lowest BCUT2D eigenvalue weighted by Crippen LogP contribution is -2.27. The van der Waals surface area contributed by atoms with E-state index in [1.165, 1.54) is 4.90 Å². The van der Waals surface area contributed by atoms with Crippen molar-refractivity contribution in [1.29, 1.82) is 0 Å². The van der Waals surface area contributed by atoms with Gasteiger partial charge in [-0.15, -0.1) is 0 Å². The number of nitrogens with one attached hydrogen (secondary N) is 1. The van der Waals surface area contributed by atoms with Crippen molar-refractivity contribution in [3.05, 3.63) is 28.2 Å². The maximum Gasteiger partial charge on any atom is 0.285 e. The fraction of sp³-hybridized carbons (Fsp3) is 0.200. The summed E-state index contributed by atoms with van der Waals surface area (Å²) in [6, 6.07) is 4.81.